The third-order valence-corrected chi connectivity index (χ3v) is 3.40. The lowest BCUT2D eigenvalue weighted by Crippen LogP contribution is -2.30. The van der Waals surface area contributed by atoms with Crippen LogP contribution >= 0.6 is 0 Å². The number of rotatable bonds is 3. The maximum atomic E-state index is 10.5. The molecule has 1 aromatic rings. The molecule has 5 nitrogen and oxygen atoms in total. The van der Waals surface area contributed by atoms with Crippen LogP contribution in [0.4, 0.5) is 11.5 Å². The third kappa shape index (κ3) is 2.93. The first-order valence-corrected chi connectivity index (χ1v) is 6.04. The summed E-state index contributed by atoms with van der Waals surface area (Å²) in [6, 6.07) is 3.63. The Bertz CT molecular complexity index is 391. The van der Waals surface area contributed by atoms with Crippen molar-refractivity contribution in [1.29, 1.82) is 0 Å². The van der Waals surface area contributed by atoms with E-state index in [0.29, 0.717) is 12.0 Å². The molecule has 1 saturated carbocycles. The topological polar surface area (TPSA) is 68.1 Å². The molecule has 0 amide bonds. The summed E-state index contributed by atoms with van der Waals surface area (Å²) in [6.45, 7) is 2.25. The molecule has 1 N–H and O–H groups in total. The van der Waals surface area contributed by atoms with Crippen LogP contribution in [0.5, 0.6) is 0 Å². The van der Waals surface area contributed by atoms with E-state index in [4.69, 9.17) is 0 Å². The normalized spacial score (nSPS) is 24.3. The number of nitro groups is 1. The highest BCUT2D eigenvalue weighted by Gasteiger charge is 2.21. The summed E-state index contributed by atoms with van der Waals surface area (Å²) in [5, 5.41) is 13.9. The Morgan fingerprint density at radius 1 is 1.41 bits per heavy atom. The zero-order valence-corrected chi connectivity index (χ0v) is 9.93. The predicted octanol–water partition coefficient (Wildman–Crippen LogP) is 2.98. The SMILES string of the molecule is C[C@H]1CCCC[C@@H]1Nc1ccc([N+](=O)[O-])nc1. The number of hydrogen-bond acceptors (Lipinski definition) is 4. The van der Waals surface area contributed by atoms with Gasteiger partial charge in [0.25, 0.3) is 0 Å². The van der Waals surface area contributed by atoms with E-state index in [1.807, 2.05) is 0 Å². The van der Waals surface area contributed by atoms with E-state index in [9.17, 15) is 10.1 Å². The predicted molar refractivity (Wildman–Crippen MR) is 65.9 cm³/mol. The van der Waals surface area contributed by atoms with Gasteiger partial charge in [0.1, 0.15) is 0 Å². The summed E-state index contributed by atoms with van der Waals surface area (Å²) in [5.74, 6) is 0.547. The quantitative estimate of drug-likeness (QED) is 0.646. The number of nitrogens with one attached hydrogen (secondary N) is 1. The molecule has 0 aromatic carbocycles. The van der Waals surface area contributed by atoms with Gasteiger partial charge >= 0.3 is 5.82 Å². The standard InChI is InChI=1S/C12H17N3O2/c1-9-4-2-3-5-11(9)14-10-6-7-12(13-8-10)15(16)17/h6-9,11,14H,2-5H2,1H3/t9-,11-/m0/s1. The molecule has 0 saturated heterocycles. The summed E-state index contributed by atoms with van der Waals surface area (Å²) < 4.78 is 0. The van der Waals surface area contributed by atoms with Crippen LogP contribution in [0.2, 0.25) is 0 Å². The van der Waals surface area contributed by atoms with Gasteiger partial charge in [-0.25, -0.2) is 0 Å². The Morgan fingerprint density at radius 3 is 2.76 bits per heavy atom. The van der Waals surface area contributed by atoms with Gasteiger partial charge in [0, 0.05) is 12.1 Å². The fraction of sp³-hybridized carbons (Fsp3) is 0.583. The Kier molecular flexibility index (Phi) is 3.56. The highest BCUT2D eigenvalue weighted by molar-refractivity contribution is 5.44. The molecule has 1 aromatic heterocycles. The number of pyridine rings is 1. The second-order valence-electron chi connectivity index (χ2n) is 4.67. The van der Waals surface area contributed by atoms with E-state index >= 15 is 0 Å². The summed E-state index contributed by atoms with van der Waals surface area (Å²) in [4.78, 5) is 13.8. The lowest BCUT2D eigenvalue weighted by Gasteiger charge is -2.29. The van der Waals surface area contributed by atoms with Crippen LogP contribution in [0, 0.1) is 16.0 Å². The Hall–Kier alpha value is -1.65. The molecule has 0 radical (unpaired) electrons. The van der Waals surface area contributed by atoms with Crippen molar-refractivity contribution in [3.63, 3.8) is 0 Å². The second-order valence-corrected chi connectivity index (χ2v) is 4.67. The highest BCUT2D eigenvalue weighted by atomic mass is 16.6. The molecule has 1 fully saturated rings. The maximum absolute atomic E-state index is 10.5. The zero-order chi connectivity index (χ0) is 12.3. The molecule has 0 aliphatic heterocycles. The van der Waals surface area contributed by atoms with Crippen molar-refractivity contribution in [2.75, 3.05) is 5.32 Å². The molecular formula is C12H17N3O2. The van der Waals surface area contributed by atoms with Gasteiger partial charge < -0.3 is 15.4 Å². The van der Waals surface area contributed by atoms with E-state index in [2.05, 4.69) is 17.2 Å². The number of anilines is 1. The number of aromatic nitrogens is 1. The van der Waals surface area contributed by atoms with Gasteiger partial charge in [-0.1, -0.05) is 19.8 Å². The minimum Gasteiger partial charge on any atom is -0.379 e. The fourth-order valence-electron chi connectivity index (χ4n) is 2.32. The van der Waals surface area contributed by atoms with Gasteiger partial charge in [-0.2, -0.15) is 0 Å². The van der Waals surface area contributed by atoms with Crippen molar-refractivity contribution in [3.05, 3.63) is 28.4 Å². The smallest absolute Gasteiger partial charge is 0.363 e. The number of hydrogen-bond donors (Lipinski definition) is 1. The minimum atomic E-state index is -0.479. The lowest BCUT2D eigenvalue weighted by molar-refractivity contribution is -0.389. The monoisotopic (exact) mass is 235 g/mol. The van der Waals surface area contributed by atoms with Gasteiger partial charge in [0.2, 0.25) is 0 Å². The Balaban J connectivity index is 2.00. The van der Waals surface area contributed by atoms with Crippen LogP contribution < -0.4 is 5.32 Å². The van der Waals surface area contributed by atoms with Gasteiger partial charge in [-0.15, -0.1) is 0 Å². The first-order valence-electron chi connectivity index (χ1n) is 6.04. The van der Waals surface area contributed by atoms with Crippen molar-refractivity contribution in [2.24, 2.45) is 5.92 Å². The first kappa shape index (κ1) is 11.8. The van der Waals surface area contributed by atoms with Gasteiger partial charge in [-0.05, 0) is 34.7 Å². The summed E-state index contributed by atoms with van der Waals surface area (Å²) in [7, 11) is 0. The summed E-state index contributed by atoms with van der Waals surface area (Å²) >= 11 is 0. The molecule has 0 unspecified atom stereocenters. The van der Waals surface area contributed by atoms with Crippen molar-refractivity contribution in [3.8, 4) is 0 Å². The van der Waals surface area contributed by atoms with E-state index in [-0.39, 0.29) is 5.82 Å². The molecule has 0 spiro atoms. The molecule has 1 aliphatic carbocycles. The van der Waals surface area contributed by atoms with E-state index in [1.54, 1.807) is 12.3 Å². The molecule has 0 bridgehead atoms. The van der Waals surface area contributed by atoms with Gasteiger partial charge in [0.05, 0.1) is 5.69 Å². The van der Waals surface area contributed by atoms with Crippen LogP contribution in [0.1, 0.15) is 32.6 Å². The van der Waals surface area contributed by atoms with Crippen LogP contribution in [0.3, 0.4) is 0 Å². The van der Waals surface area contributed by atoms with Gasteiger partial charge in [-0.3, -0.25) is 0 Å². The zero-order valence-electron chi connectivity index (χ0n) is 9.93. The lowest BCUT2D eigenvalue weighted by atomic mass is 9.86. The van der Waals surface area contributed by atoms with Crippen LogP contribution in [0.15, 0.2) is 18.3 Å². The molecular weight excluding hydrogens is 218 g/mol. The van der Waals surface area contributed by atoms with Crippen molar-refractivity contribution < 1.29 is 4.92 Å². The van der Waals surface area contributed by atoms with Crippen molar-refractivity contribution in [1.82, 2.24) is 4.98 Å². The van der Waals surface area contributed by atoms with Crippen molar-refractivity contribution >= 4 is 11.5 Å². The van der Waals surface area contributed by atoms with E-state index < -0.39 is 4.92 Å². The Morgan fingerprint density at radius 2 is 2.18 bits per heavy atom. The van der Waals surface area contributed by atoms with Crippen LogP contribution in [-0.2, 0) is 0 Å². The van der Waals surface area contributed by atoms with Crippen molar-refractivity contribution in [2.45, 2.75) is 38.6 Å². The molecule has 1 heterocycles. The highest BCUT2D eigenvalue weighted by Crippen LogP contribution is 2.26. The molecule has 2 rings (SSSR count). The summed E-state index contributed by atoms with van der Waals surface area (Å²) in [5.41, 5.74) is 0.870. The first-order chi connectivity index (χ1) is 8.16. The van der Waals surface area contributed by atoms with Gasteiger partial charge in [0.15, 0.2) is 6.20 Å². The third-order valence-electron chi connectivity index (χ3n) is 3.40. The van der Waals surface area contributed by atoms with E-state index in [0.717, 1.165) is 12.1 Å². The number of nitrogens with zero attached hydrogens (tertiary/aromatic N) is 2. The molecule has 2 atom stereocenters. The average molecular weight is 235 g/mol. The van der Waals surface area contributed by atoms with E-state index in [1.165, 1.54) is 25.3 Å². The largest absolute Gasteiger partial charge is 0.379 e. The molecule has 1 aliphatic rings. The summed E-state index contributed by atoms with van der Waals surface area (Å²) in [6.07, 6.45) is 6.51. The maximum Gasteiger partial charge on any atom is 0.363 e. The second kappa shape index (κ2) is 5.12. The molecule has 5 heteroatoms. The molecule has 17 heavy (non-hydrogen) atoms. The average Bonchev–Trinajstić information content (AvgIpc) is 2.33. The minimum absolute atomic E-state index is 0.104. The van der Waals surface area contributed by atoms with Crippen LogP contribution in [0.25, 0.3) is 0 Å². The molecule has 92 valence electrons. The fourth-order valence-corrected chi connectivity index (χ4v) is 2.32. The Labute approximate surface area is 100 Å². The van der Waals surface area contributed by atoms with Crippen LogP contribution in [-0.4, -0.2) is 15.9 Å².